The second-order valence-electron chi connectivity index (χ2n) is 8.43. The number of hydrogen-bond acceptors (Lipinski definition) is 5. The van der Waals surface area contributed by atoms with Crippen LogP contribution in [0, 0.1) is 0 Å². The zero-order valence-electron chi connectivity index (χ0n) is 20.0. The highest BCUT2D eigenvalue weighted by Gasteiger charge is 2.39. The van der Waals surface area contributed by atoms with E-state index in [1.807, 2.05) is 0 Å². The van der Waals surface area contributed by atoms with E-state index < -0.39 is 17.6 Å². The monoisotopic (exact) mass is 515 g/mol. The molecule has 1 aliphatic heterocycles. The third-order valence-corrected chi connectivity index (χ3v) is 5.95. The summed E-state index contributed by atoms with van der Waals surface area (Å²) in [5, 5.41) is 5.56. The van der Waals surface area contributed by atoms with Crippen molar-refractivity contribution in [2.24, 2.45) is 0 Å². The number of hydrogen-bond donors (Lipinski definition) is 1. The highest BCUT2D eigenvalue weighted by Crippen LogP contribution is 2.40. The molecule has 0 spiro atoms. The van der Waals surface area contributed by atoms with Gasteiger partial charge in [0.2, 0.25) is 0 Å². The fraction of sp³-hybridized carbons (Fsp3) is 0.0714. The van der Waals surface area contributed by atoms with Crippen molar-refractivity contribution in [3.63, 3.8) is 0 Å². The summed E-state index contributed by atoms with van der Waals surface area (Å²) >= 11 is 0. The molecule has 1 aliphatic rings. The zero-order chi connectivity index (χ0) is 26.9. The maximum atomic E-state index is 13.6. The van der Waals surface area contributed by atoms with E-state index in [0.717, 1.165) is 12.1 Å². The van der Waals surface area contributed by atoms with E-state index in [-0.39, 0.29) is 22.7 Å². The molecule has 2 amide bonds. The Kier molecular flexibility index (Phi) is 6.38. The Morgan fingerprint density at radius 1 is 0.947 bits per heavy atom. The molecule has 0 atom stereocenters. The van der Waals surface area contributed by atoms with Crippen LogP contribution < -0.4 is 10.3 Å². The van der Waals surface area contributed by atoms with E-state index in [4.69, 9.17) is 0 Å². The summed E-state index contributed by atoms with van der Waals surface area (Å²) in [4.78, 5) is 34.2. The number of pyridine rings is 2. The molecule has 0 aliphatic carbocycles. The Balaban J connectivity index is 1.57. The quantitative estimate of drug-likeness (QED) is 0.366. The Labute approximate surface area is 215 Å². The van der Waals surface area contributed by atoms with Crippen molar-refractivity contribution in [1.29, 1.82) is 0 Å². The molecule has 5 rings (SSSR count). The average Bonchev–Trinajstić information content (AvgIpc) is 3.19. The van der Waals surface area contributed by atoms with Gasteiger partial charge in [0.25, 0.3) is 11.8 Å². The lowest BCUT2D eigenvalue weighted by Crippen LogP contribution is -2.39. The molecule has 7 nitrogen and oxygen atoms in total. The minimum Gasteiger partial charge on any atom is -0.322 e. The Morgan fingerprint density at radius 2 is 1.74 bits per heavy atom. The molecule has 190 valence electrons. The van der Waals surface area contributed by atoms with Gasteiger partial charge in [0.05, 0.1) is 16.8 Å². The number of fused-ring (bicyclic) bond motifs is 1. The van der Waals surface area contributed by atoms with Gasteiger partial charge in [-0.25, -0.2) is 9.99 Å². The summed E-state index contributed by atoms with van der Waals surface area (Å²) < 4.78 is 40.7. The first-order valence-electron chi connectivity index (χ1n) is 11.5. The average molecular weight is 515 g/mol. The molecule has 38 heavy (non-hydrogen) atoms. The van der Waals surface area contributed by atoms with Crippen LogP contribution in [-0.4, -0.2) is 33.8 Å². The van der Waals surface area contributed by atoms with E-state index in [1.54, 1.807) is 73.9 Å². The molecular weight excluding hydrogens is 495 g/mol. The zero-order valence-corrected chi connectivity index (χ0v) is 20.0. The number of nitrogens with zero attached hydrogens (tertiary/aromatic N) is 4. The third kappa shape index (κ3) is 4.83. The molecule has 0 saturated heterocycles. The summed E-state index contributed by atoms with van der Waals surface area (Å²) in [5.41, 5.74) is 1.09. The highest BCUT2D eigenvalue weighted by molar-refractivity contribution is 6.12. The van der Waals surface area contributed by atoms with Gasteiger partial charge in [-0.2, -0.15) is 13.2 Å². The predicted molar refractivity (Wildman–Crippen MR) is 137 cm³/mol. The van der Waals surface area contributed by atoms with Crippen LogP contribution in [0.4, 0.5) is 24.7 Å². The lowest BCUT2D eigenvalue weighted by Gasteiger charge is -2.30. The minimum absolute atomic E-state index is 0.133. The van der Waals surface area contributed by atoms with Crippen LogP contribution in [0.1, 0.15) is 37.4 Å². The first-order valence-corrected chi connectivity index (χ1v) is 11.5. The molecule has 0 saturated carbocycles. The van der Waals surface area contributed by atoms with E-state index in [9.17, 15) is 22.8 Å². The number of hydrazine groups is 1. The SMILES string of the molecule is CN(c1ccccn1)N1C(=O)c2ccc(C(F)(F)F)cc2C1=Cc1cccc(NC(=O)c2ccncc2)c1. The van der Waals surface area contributed by atoms with Gasteiger partial charge in [0.15, 0.2) is 0 Å². The molecule has 2 aromatic carbocycles. The first kappa shape index (κ1) is 24.7. The van der Waals surface area contributed by atoms with Gasteiger partial charge in [-0.1, -0.05) is 18.2 Å². The molecule has 4 aromatic rings. The second kappa shape index (κ2) is 9.81. The number of carbonyl (C=O) groups excluding carboxylic acids is 2. The van der Waals surface area contributed by atoms with E-state index in [0.29, 0.717) is 22.6 Å². The number of aromatic nitrogens is 2. The Hall–Kier alpha value is -4.99. The fourth-order valence-corrected chi connectivity index (χ4v) is 4.11. The number of rotatable bonds is 5. The number of anilines is 2. The van der Waals surface area contributed by atoms with Crippen LogP contribution in [0.15, 0.2) is 91.4 Å². The summed E-state index contributed by atoms with van der Waals surface area (Å²) in [7, 11) is 1.61. The van der Waals surface area contributed by atoms with Gasteiger partial charge in [-0.3, -0.25) is 19.6 Å². The maximum Gasteiger partial charge on any atom is 0.416 e. The van der Waals surface area contributed by atoms with Crippen molar-refractivity contribution < 1.29 is 22.8 Å². The highest BCUT2D eigenvalue weighted by atomic mass is 19.4. The van der Waals surface area contributed by atoms with Crippen LogP contribution in [0.2, 0.25) is 0 Å². The van der Waals surface area contributed by atoms with Crippen molar-refractivity contribution in [2.75, 3.05) is 17.4 Å². The molecule has 2 aromatic heterocycles. The molecular formula is C28H20F3N5O2. The van der Waals surface area contributed by atoms with Crippen molar-refractivity contribution in [1.82, 2.24) is 15.0 Å². The van der Waals surface area contributed by atoms with Crippen LogP contribution >= 0.6 is 0 Å². The fourth-order valence-electron chi connectivity index (χ4n) is 4.11. The molecule has 0 unspecified atom stereocenters. The lowest BCUT2D eigenvalue weighted by atomic mass is 10.0. The minimum atomic E-state index is -4.58. The smallest absolute Gasteiger partial charge is 0.322 e. The molecule has 0 radical (unpaired) electrons. The number of nitrogens with one attached hydrogen (secondary N) is 1. The topological polar surface area (TPSA) is 78.4 Å². The molecule has 0 fully saturated rings. The number of benzene rings is 2. The van der Waals surface area contributed by atoms with E-state index in [1.165, 1.54) is 28.5 Å². The molecule has 10 heteroatoms. The normalized spacial score (nSPS) is 13.9. The summed E-state index contributed by atoms with van der Waals surface area (Å²) in [6.07, 6.45) is 1.59. The largest absolute Gasteiger partial charge is 0.416 e. The summed E-state index contributed by atoms with van der Waals surface area (Å²) in [6.45, 7) is 0. The van der Waals surface area contributed by atoms with Gasteiger partial charge < -0.3 is 5.32 Å². The standard InChI is InChI=1S/C28H20F3N5O2/c1-35(25-7-2-3-12-33-25)36-24(23-17-20(28(29,30)31)8-9-22(23)27(36)38)16-18-5-4-6-21(15-18)34-26(37)19-10-13-32-14-11-19/h2-17H,1H3,(H,34,37). The van der Waals surface area contributed by atoms with Crippen LogP contribution in [-0.2, 0) is 6.18 Å². The van der Waals surface area contributed by atoms with E-state index in [2.05, 4.69) is 15.3 Å². The first-order chi connectivity index (χ1) is 18.2. The van der Waals surface area contributed by atoms with Gasteiger partial charge in [0, 0.05) is 42.5 Å². The summed E-state index contributed by atoms with van der Waals surface area (Å²) in [6, 6.07) is 18.1. The van der Waals surface area contributed by atoms with Crippen molar-refractivity contribution in [3.05, 3.63) is 119 Å². The Morgan fingerprint density at radius 3 is 2.45 bits per heavy atom. The molecule has 0 bridgehead atoms. The van der Waals surface area contributed by atoms with Gasteiger partial charge in [-0.15, -0.1) is 0 Å². The van der Waals surface area contributed by atoms with Crippen LogP contribution in [0.5, 0.6) is 0 Å². The number of halogens is 3. The number of carbonyl (C=O) groups is 2. The number of amides is 2. The van der Waals surface area contributed by atoms with Gasteiger partial charge in [-0.05, 0) is 66.2 Å². The second-order valence-corrected chi connectivity index (χ2v) is 8.43. The predicted octanol–water partition coefficient (Wildman–Crippen LogP) is 5.75. The summed E-state index contributed by atoms with van der Waals surface area (Å²) in [5.74, 6) is -0.408. The lowest BCUT2D eigenvalue weighted by molar-refractivity contribution is -0.137. The van der Waals surface area contributed by atoms with Crippen molar-refractivity contribution >= 4 is 35.1 Å². The maximum absolute atomic E-state index is 13.6. The van der Waals surface area contributed by atoms with Gasteiger partial charge >= 0.3 is 6.18 Å². The Bertz CT molecular complexity index is 1540. The third-order valence-electron chi connectivity index (χ3n) is 5.95. The molecule has 3 heterocycles. The number of alkyl halides is 3. The van der Waals surface area contributed by atoms with E-state index >= 15 is 0 Å². The van der Waals surface area contributed by atoms with Crippen molar-refractivity contribution in [3.8, 4) is 0 Å². The van der Waals surface area contributed by atoms with Crippen molar-refractivity contribution in [2.45, 2.75) is 6.18 Å². The van der Waals surface area contributed by atoms with Crippen LogP contribution in [0.3, 0.4) is 0 Å². The molecule has 1 N–H and O–H groups in total. The van der Waals surface area contributed by atoms with Crippen LogP contribution in [0.25, 0.3) is 11.8 Å². The van der Waals surface area contributed by atoms with Gasteiger partial charge in [0.1, 0.15) is 5.82 Å².